The maximum Gasteiger partial charge on any atom is 0.337 e. The molecule has 2 aliphatic rings. The number of ketones is 1. The first kappa shape index (κ1) is 22.5. The van der Waals surface area contributed by atoms with Gasteiger partial charge in [-0.3, -0.25) is 4.79 Å². The molecule has 0 spiro atoms. The molecule has 1 atom stereocenters. The topological polar surface area (TPSA) is 86.9 Å². The fourth-order valence-corrected chi connectivity index (χ4v) is 4.49. The Hall–Kier alpha value is -3.18. The number of hydrogen-bond donors (Lipinski definition) is 1. The van der Waals surface area contributed by atoms with Gasteiger partial charge in [0.15, 0.2) is 5.78 Å². The maximum absolute atomic E-state index is 13.2. The predicted octanol–water partition coefficient (Wildman–Crippen LogP) is 4.21. The molecule has 0 bridgehead atoms. The van der Waals surface area contributed by atoms with E-state index in [9.17, 15) is 9.59 Å². The fourth-order valence-electron chi connectivity index (χ4n) is 4.49. The van der Waals surface area contributed by atoms with Crippen molar-refractivity contribution < 1.29 is 19.8 Å². The molecule has 4 rings (SSSR count). The lowest BCUT2D eigenvalue weighted by Gasteiger charge is -2.39. The van der Waals surface area contributed by atoms with Crippen molar-refractivity contribution in [1.82, 2.24) is 5.32 Å². The van der Waals surface area contributed by atoms with Crippen LogP contribution in [0.5, 0.6) is 0 Å². The van der Waals surface area contributed by atoms with Crippen LogP contribution in [0.25, 0.3) is 0 Å². The van der Waals surface area contributed by atoms with E-state index in [4.69, 9.17) is 4.74 Å². The van der Waals surface area contributed by atoms with Gasteiger partial charge in [-0.25, -0.2) is 4.79 Å². The van der Waals surface area contributed by atoms with Crippen LogP contribution in [-0.2, 0) is 20.9 Å². The van der Waals surface area contributed by atoms with Gasteiger partial charge in [0.1, 0.15) is 6.61 Å². The molecular weight excluding hydrogens is 390 g/mol. The van der Waals surface area contributed by atoms with E-state index in [1.165, 1.54) is 0 Å². The molecule has 1 aliphatic carbocycles. The van der Waals surface area contributed by atoms with E-state index in [1.54, 1.807) is 0 Å². The predicted molar refractivity (Wildman–Crippen MR) is 120 cm³/mol. The van der Waals surface area contributed by atoms with Crippen molar-refractivity contribution in [2.75, 3.05) is 0 Å². The van der Waals surface area contributed by atoms with Gasteiger partial charge < -0.3 is 15.5 Å². The molecule has 31 heavy (non-hydrogen) atoms. The van der Waals surface area contributed by atoms with Crippen LogP contribution >= 0.6 is 0 Å². The molecule has 5 heteroatoms. The van der Waals surface area contributed by atoms with Crippen LogP contribution in [0.2, 0.25) is 0 Å². The number of rotatable bonds is 4. The van der Waals surface area contributed by atoms with Gasteiger partial charge in [-0.05, 0) is 29.9 Å². The quantitative estimate of drug-likeness (QED) is 0.752. The first-order chi connectivity index (χ1) is 14.4. The number of allylic oxidation sites excluding steroid dienone is 3. The highest BCUT2D eigenvalue weighted by Gasteiger charge is 2.43. The van der Waals surface area contributed by atoms with Crippen molar-refractivity contribution in [3.8, 4) is 0 Å². The molecule has 0 saturated heterocycles. The second-order valence-corrected chi connectivity index (χ2v) is 8.90. The summed E-state index contributed by atoms with van der Waals surface area (Å²) in [4.78, 5) is 26.4. The number of Topliss-reactive ketones (excluding diaryl/α,β-unsaturated/α-hetero) is 1. The van der Waals surface area contributed by atoms with Gasteiger partial charge in [0.2, 0.25) is 0 Å². The SMILES string of the molecule is CC1=C(C(=O)OCc2ccccc2)C(c2ccccc2)C2=C(CC(C)(C)CC2=O)N1.O. The summed E-state index contributed by atoms with van der Waals surface area (Å²) in [6.45, 7) is 6.31. The number of nitrogens with one attached hydrogen (secondary N) is 1. The second-order valence-electron chi connectivity index (χ2n) is 8.90. The minimum atomic E-state index is -0.408. The molecule has 3 N–H and O–H groups in total. The standard InChI is InChI=1S/C26H27NO3.H2O/c1-17-22(25(29)30-16-18-10-6-4-7-11-18)23(19-12-8-5-9-13-19)24-20(27-17)14-26(2,3)15-21(24)28;/h4-13,23,27H,14-16H2,1-3H3;1H2. The van der Waals surface area contributed by atoms with E-state index in [0.29, 0.717) is 17.6 Å². The van der Waals surface area contributed by atoms with Gasteiger partial charge in [-0.1, -0.05) is 74.5 Å². The fraction of sp³-hybridized carbons (Fsp3) is 0.308. The van der Waals surface area contributed by atoms with Crippen LogP contribution < -0.4 is 5.32 Å². The molecule has 2 aromatic carbocycles. The first-order valence-corrected chi connectivity index (χ1v) is 10.4. The van der Waals surface area contributed by atoms with Crippen LogP contribution in [0.4, 0.5) is 0 Å². The zero-order valence-corrected chi connectivity index (χ0v) is 18.2. The van der Waals surface area contributed by atoms with Gasteiger partial charge in [-0.15, -0.1) is 0 Å². The monoisotopic (exact) mass is 419 g/mol. The average Bonchev–Trinajstić information content (AvgIpc) is 2.71. The highest BCUT2D eigenvalue weighted by atomic mass is 16.5. The minimum absolute atomic E-state index is 0. The highest BCUT2D eigenvalue weighted by Crippen LogP contribution is 2.46. The van der Waals surface area contributed by atoms with E-state index in [0.717, 1.165) is 28.9 Å². The summed E-state index contributed by atoms with van der Waals surface area (Å²) in [6.07, 6.45) is 1.25. The second kappa shape index (κ2) is 8.90. The molecule has 1 heterocycles. The van der Waals surface area contributed by atoms with Gasteiger partial charge in [-0.2, -0.15) is 0 Å². The first-order valence-electron chi connectivity index (χ1n) is 10.4. The third-order valence-corrected chi connectivity index (χ3v) is 5.81. The van der Waals surface area contributed by atoms with Crippen LogP contribution in [0.1, 0.15) is 50.7 Å². The summed E-state index contributed by atoms with van der Waals surface area (Å²) in [6, 6.07) is 19.4. The lowest BCUT2D eigenvalue weighted by atomic mass is 9.68. The minimum Gasteiger partial charge on any atom is -0.457 e. The molecule has 1 unspecified atom stereocenters. The lowest BCUT2D eigenvalue weighted by molar-refractivity contribution is -0.140. The Morgan fingerprint density at radius 2 is 1.65 bits per heavy atom. The van der Waals surface area contributed by atoms with Crippen molar-refractivity contribution in [3.05, 3.63) is 94.3 Å². The van der Waals surface area contributed by atoms with Crippen molar-refractivity contribution in [2.24, 2.45) is 5.41 Å². The molecular formula is C26H29NO4. The van der Waals surface area contributed by atoms with E-state index in [2.05, 4.69) is 19.2 Å². The molecule has 2 aromatic rings. The number of benzene rings is 2. The van der Waals surface area contributed by atoms with Crippen LogP contribution in [-0.4, -0.2) is 17.2 Å². The Balaban J connectivity index is 0.00000272. The number of carbonyl (C=O) groups excluding carboxylic acids is 2. The smallest absolute Gasteiger partial charge is 0.337 e. The van der Waals surface area contributed by atoms with E-state index >= 15 is 0 Å². The van der Waals surface area contributed by atoms with E-state index < -0.39 is 5.92 Å². The van der Waals surface area contributed by atoms with Gasteiger partial charge in [0.25, 0.3) is 0 Å². The molecule has 0 saturated carbocycles. The van der Waals surface area contributed by atoms with E-state index in [1.807, 2.05) is 67.6 Å². The zero-order valence-electron chi connectivity index (χ0n) is 18.2. The third-order valence-electron chi connectivity index (χ3n) is 5.81. The van der Waals surface area contributed by atoms with Crippen molar-refractivity contribution in [1.29, 1.82) is 0 Å². The Morgan fingerprint density at radius 3 is 2.29 bits per heavy atom. The summed E-state index contributed by atoms with van der Waals surface area (Å²) in [7, 11) is 0. The summed E-state index contributed by atoms with van der Waals surface area (Å²) in [5.74, 6) is -0.695. The number of esters is 1. The molecule has 0 aromatic heterocycles. The summed E-state index contributed by atoms with van der Waals surface area (Å²) in [5.41, 5.74) is 4.68. The number of carbonyl (C=O) groups is 2. The van der Waals surface area contributed by atoms with Crippen molar-refractivity contribution in [3.63, 3.8) is 0 Å². The van der Waals surface area contributed by atoms with Gasteiger partial charge in [0.05, 0.1) is 5.57 Å². The normalized spacial score (nSPS) is 19.8. The summed E-state index contributed by atoms with van der Waals surface area (Å²) in [5, 5.41) is 3.37. The van der Waals surface area contributed by atoms with Crippen molar-refractivity contribution in [2.45, 2.75) is 46.1 Å². The lowest BCUT2D eigenvalue weighted by Crippen LogP contribution is -2.38. The molecule has 1 aliphatic heterocycles. The average molecular weight is 420 g/mol. The highest BCUT2D eigenvalue weighted by molar-refractivity contribution is 6.04. The molecule has 5 nitrogen and oxygen atoms in total. The molecule has 0 radical (unpaired) electrons. The Kier molecular flexibility index (Phi) is 6.46. The van der Waals surface area contributed by atoms with E-state index in [-0.39, 0.29) is 29.3 Å². The Labute approximate surface area is 183 Å². The largest absolute Gasteiger partial charge is 0.457 e. The summed E-state index contributed by atoms with van der Waals surface area (Å²) >= 11 is 0. The van der Waals surface area contributed by atoms with Gasteiger partial charge >= 0.3 is 5.97 Å². The Morgan fingerprint density at radius 1 is 1.03 bits per heavy atom. The van der Waals surface area contributed by atoms with Crippen LogP contribution in [0.3, 0.4) is 0 Å². The molecule has 0 amide bonds. The Bertz CT molecular complexity index is 1040. The molecule has 162 valence electrons. The van der Waals surface area contributed by atoms with Crippen molar-refractivity contribution >= 4 is 11.8 Å². The third kappa shape index (κ3) is 4.62. The van der Waals surface area contributed by atoms with Crippen LogP contribution in [0, 0.1) is 5.41 Å². The number of ether oxygens (including phenoxy) is 1. The molecule has 0 fully saturated rings. The number of hydrogen-bond acceptors (Lipinski definition) is 4. The zero-order chi connectivity index (χ0) is 21.3. The van der Waals surface area contributed by atoms with Gasteiger partial charge in [0, 0.05) is 29.3 Å². The summed E-state index contributed by atoms with van der Waals surface area (Å²) < 4.78 is 5.67. The van der Waals surface area contributed by atoms with Crippen LogP contribution in [0.15, 0.2) is 83.2 Å². The number of dihydropyridines is 1. The maximum atomic E-state index is 13.2.